The van der Waals surface area contributed by atoms with E-state index in [1.807, 2.05) is 18.2 Å². The zero-order chi connectivity index (χ0) is 11.8. The molecule has 1 fully saturated rings. The second kappa shape index (κ2) is 4.17. The lowest BCUT2D eigenvalue weighted by atomic mass is 9.82. The van der Waals surface area contributed by atoms with Crippen LogP contribution < -0.4 is 10.6 Å². The largest absolute Gasteiger partial charge is 0.397 e. The number of halogens is 1. The Kier molecular flexibility index (Phi) is 3.02. The summed E-state index contributed by atoms with van der Waals surface area (Å²) in [4.78, 5) is 2.36. The van der Waals surface area contributed by atoms with Gasteiger partial charge in [-0.3, -0.25) is 0 Å². The SMILES string of the molecule is CC1(C)CCN(c2ccc(Cl)cc2N)CC1. The summed E-state index contributed by atoms with van der Waals surface area (Å²) in [6.45, 7) is 6.82. The zero-order valence-corrected chi connectivity index (χ0v) is 10.7. The third-order valence-electron chi connectivity index (χ3n) is 3.45. The van der Waals surface area contributed by atoms with Crippen molar-refractivity contribution >= 4 is 23.0 Å². The van der Waals surface area contributed by atoms with Gasteiger partial charge in [-0.05, 0) is 36.5 Å². The van der Waals surface area contributed by atoms with Crippen LogP contribution in [0.3, 0.4) is 0 Å². The Bertz CT molecular complexity index is 378. The molecule has 1 saturated heterocycles. The molecular formula is C13H19ClN2. The van der Waals surface area contributed by atoms with Crippen molar-refractivity contribution in [3.8, 4) is 0 Å². The third-order valence-corrected chi connectivity index (χ3v) is 3.68. The van der Waals surface area contributed by atoms with Gasteiger partial charge >= 0.3 is 0 Å². The fourth-order valence-electron chi connectivity index (χ4n) is 2.17. The van der Waals surface area contributed by atoms with Gasteiger partial charge in [-0.1, -0.05) is 25.4 Å². The van der Waals surface area contributed by atoms with Gasteiger partial charge in [0, 0.05) is 18.1 Å². The van der Waals surface area contributed by atoms with Gasteiger partial charge in [0.1, 0.15) is 0 Å². The van der Waals surface area contributed by atoms with Crippen LogP contribution >= 0.6 is 11.6 Å². The van der Waals surface area contributed by atoms with E-state index in [0.29, 0.717) is 10.4 Å². The normalized spacial score (nSPS) is 19.8. The molecule has 0 bridgehead atoms. The first kappa shape index (κ1) is 11.6. The first-order valence-corrected chi connectivity index (χ1v) is 6.16. The monoisotopic (exact) mass is 238 g/mol. The molecule has 1 aliphatic heterocycles. The van der Waals surface area contributed by atoms with Crippen LogP contribution in [0.15, 0.2) is 18.2 Å². The van der Waals surface area contributed by atoms with Gasteiger partial charge in [-0.25, -0.2) is 0 Å². The smallest absolute Gasteiger partial charge is 0.0600 e. The molecule has 0 atom stereocenters. The van der Waals surface area contributed by atoms with Gasteiger partial charge in [0.2, 0.25) is 0 Å². The summed E-state index contributed by atoms with van der Waals surface area (Å²) in [5, 5.41) is 0.707. The predicted octanol–water partition coefficient (Wildman–Crippen LogP) is 3.55. The summed E-state index contributed by atoms with van der Waals surface area (Å²) in [7, 11) is 0. The number of hydrogen-bond acceptors (Lipinski definition) is 2. The van der Waals surface area contributed by atoms with Gasteiger partial charge < -0.3 is 10.6 Å². The van der Waals surface area contributed by atoms with Gasteiger partial charge in [-0.15, -0.1) is 0 Å². The fourth-order valence-corrected chi connectivity index (χ4v) is 2.35. The molecule has 0 radical (unpaired) electrons. The Labute approximate surface area is 102 Å². The second-order valence-electron chi connectivity index (χ2n) is 5.35. The maximum Gasteiger partial charge on any atom is 0.0600 e. The minimum Gasteiger partial charge on any atom is -0.397 e. The van der Waals surface area contributed by atoms with Gasteiger partial charge in [0.25, 0.3) is 0 Å². The van der Waals surface area contributed by atoms with Crippen molar-refractivity contribution in [2.45, 2.75) is 26.7 Å². The van der Waals surface area contributed by atoms with E-state index in [1.165, 1.54) is 12.8 Å². The molecule has 1 aromatic rings. The molecule has 0 saturated carbocycles. The lowest BCUT2D eigenvalue weighted by Crippen LogP contribution is -2.37. The number of hydrogen-bond donors (Lipinski definition) is 1. The lowest BCUT2D eigenvalue weighted by molar-refractivity contribution is 0.280. The first-order chi connectivity index (χ1) is 7.48. The van der Waals surface area contributed by atoms with Crippen molar-refractivity contribution in [2.75, 3.05) is 23.7 Å². The fraction of sp³-hybridized carbons (Fsp3) is 0.538. The Morgan fingerprint density at radius 3 is 2.44 bits per heavy atom. The minimum atomic E-state index is 0.470. The molecule has 0 unspecified atom stereocenters. The average Bonchev–Trinajstić information content (AvgIpc) is 2.19. The van der Waals surface area contributed by atoms with Crippen molar-refractivity contribution in [1.29, 1.82) is 0 Å². The van der Waals surface area contributed by atoms with E-state index in [-0.39, 0.29) is 0 Å². The highest BCUT2D eigenvalue weighted by Crippen LogP contribution is 2.34. The number of nitrogens with two attached hydrogens (primary N) is 1. The van der Waals surface area contributed by atoms with Crippen LogP contribution in [0, 0.1) is 5.41 Å². The molecule has 1 aliphatic rings. The van der Waals surface area contributed by atoms with Crippen LogP contribution in [0.1, 0.15) is 26.7 Å². The molecule has 2 N–H and O–H groups in total. The molecule has 2 nitrogen and oxygen atoms in total. The first-order valence-electron chi connectivity index (χ1n) is 5.78. The third kappa shape index (κ3) is 2.43. The molecule has 3 heteroatoms. The summed E-state index contributed by atoms with van der Waals surface area (Å²) in [6, 6.07) is 5.76. The van der Waals surface area contributed by atoms with E-state index in [4.69, 9.17) is 17.3 Å². The van der Waals surface area contributed by atoms with E-state index in [0.717, 1.165) is 24.5 Å². The summed E-state index contributed by atoms with van der Waals surface area (Å²) in [5.41, 5.74) is 8.37. The maximum absolute atomic E-state index is 5.99. The molecule has 0 spiro atoms. The molecule has 1 heterocycles. The van der Waals surface area contributed by atoms with E-state index in [2.05, 4.69) is 18.7 Å². The van der Waals surface area contributed by atoms with Crippen molar-refractivity contribution in [3.63, 3.8) is 0 Å². The Morgan fingerprint density at radius 1 is 1.25 bits per heavy atom. The predicted molar refractivity (Wildman–Crippen MR) is 71.1 cm³/mol. The molecule has 0 aliphatic carbocycles. The number of piperidine rings is 1. The van der Waals surface area contributed by atoms with Gasteiger partial charge in [-0.2, -0.15) is 0 Å². The van der Waals surface area contributed by atoms with Crippen LogP contribution in [-0.4, -0.2) is 13.1 Å². The summed E-state index contributed by atoms with van der Waals surface area (Å²) in [6.07, 6.45) is 2.43. The highest BCUT2D eigenvalue weighted by molar-refractivity contribution is 6.31. The number of rotatable bonds is 1. The van der Waals surface area contributed by atoms with Crippen LogP contribution in [0.5, 0.6) is 0 Å². The summed E-state index contributed by atoms with van der Waals surface area (Å²) >= 11 is 5.90. The standard InChI is InChI=1S/C13H19ClN2/c1-13(2)5-7-16(8-6-13)12-4-3-10(14)9-11(12)15/h3-4,9H,5-8,15H2,1-2H3. The van der Waals surface area contributed by atoms with E-state index in [1.54, 1.807) is 0 Å². The molecule has 16 heavy (non-hydrogen) atoms. The molecule has 0 amide bonds. The molecule has 1 aromatic carbocycles. The Balaban J connectivity index is 2.14. The molecule has 88 valence electrons. The highest BCUT2D eigenvalue weighted by atomic mass is 35.5. The topological polar surface area (TPSA) is 29.3 Å². The molecule has 2 rings (SSSR count). The average molecular weight is 239 g/mol. The van der Waals surface area contributed by atoms with Crippen LogP contribution in [-0.2, 0) is 0 Å². The number of anilines is 2. The van der Waals surface area contributed by atoms with Crippen molar-refractivity contribution in [2.24, 2.45) is 5.41 Å². The minimum absolute atomic E-state index is 0.470. The Hall–Kier alpha value is -0.890. The van der Waals surface area contributed by atoms with E-state index in [9.17, 15) is 0 Å². The lowest BCUT2D eigenvalue weighted by Gasteiger charge is -2.38. The van der Waals surface area contributed by atoms with E-state index < -0.39 is 0 Å². The highest BCUT2D eigenvalue weighted by Gasteiger charge is 2.26. The van der Waals surface area contributed by atoms with E-state index >= 15 is 0 Å². The quantitative estimate of drug-likeness (QED) is 0.759. The van der Waals surface area contributed by atoms with Crippen molar-refractivity contribution in [3.05, 3.63) is 23.2 Å². The zero-order valence-electron chi connectivity index (χ0n) is 9.96. The van der Waals surface area contributed by atoms with Gasteiger partial charge in [0.15, 0.2) is 0 Å². The number of nitrogens with zero attached hydrogens (tertiary/aromatic N) is 1. The second-order valence-corrected chi connectivity index (χ2v) is 5.79. The molecule has 0 aromatic heterocycles. The van der Waals surface area contributed by atoms with Crippen LogP contribution in [0.25, 0.3) is 0 Å². The van der Waals surface area contributed by atoms with Crippen molar-refractivity contribution in [1.82, 2.24) is 0 Å². The maximum atomic E-state index is 5.99. The summed E-state index contributed by atoms with van der Waals surface area (Å²) in [5.74, 6) is 0. The van der Waals surface area contributed by atoms with Crippen LogP contribution in [0.2, 0.25) is 5.02 Å². The number of benzene rings is 1. The van der Waals surface area contributed by atoms with Crippen LogP contribution in [0.4, 0.5) is 11.4 Å². The molecular weight excluding hydrogens is 220 g/mol. The Morgan fingerprint density at radius 2 is 1.88 bits per heavy atom. The van der Waals surface area contributed by atoms with Crippen molar-refractivity contribution < 1.29 is 0 Å². The summed E-state index contributed by atoms with van der Waals surface area (Å²) < 4.78 is 0. The number of nitrogen functional groups attached to an aromatic ring is 1. The van der Waals surface area contributed by atoms with Gasteiger partial charge in [0.05, 0.1) is 11.4 Å².